The van der Waals surface area contributed by atoms with Gasteiger partial charge >= 0.3 is 0 Å². The molecule has 1 heterocycles. The molecule has 2 aromatic rings. The Morgan fingerprint density at radius 2 is 1.74 bits per heavy atom. The monoisotopic (exact) mass is 251 g/mol. The van der Waals surface area contributed by atoms with Crippen molar-refractivity contribution >= 4 is 11.6 Å². The number of nitrogens with two attached hydrogens (primary N) is 1. The van der Waals surface area contributed by atoms with Crippen LogP contribution in [0.15, 0.2) is 48.7 Å². The van der Waals surface area contributed by atoms with Crippen molar-refractivity contribution in [2.24, 2.45) is 0 Å². The predicted octanol–water partition coefficient (Wildman–Crippen LogP) is 2.95. The zero-order valence-electron chi connectivity index (χ0n) is 11.0. The molecule has 0 spiro atoms. The first-order valence-electron chi connectivity index (χ1n) is 6.89. The van der Waals surface area contributed by atoms with Gasteiger partial charge in [-0.3, -0.25) is 0 Å². The number of aromatic nitrogens is 1. The fourth-order valence-corrected chi connectivity index (χ4v) is 2.79. The van der Waals surface area contributed by atoms with E-state index in [2.05, 4.69) is 36.4 Å². The van der Waals surface area contributed by atoms with Crippen molar-refractivity contribution in [3.8, 4) is 0 Å². The van der Waals surface area contributed by atoms with Crippen molar-refractivity contribution in [3.05, 3.63) is 65.5 Å². The zero-order chi connectivity index (χ0) is 13.1. The van der Waals surface area contributed by atoms with Crippen molar-refractivity contribution in [1.29, 1.82) is 0 Å². The third kappa shape index (κ3) is 2.53. The first-order valence-corrected chi connectivity index (χ1v) is 6.89. The molecule has 0 atom stereocenters. The molecule has 1 aromatic carbocycles. The summed E-state index contributed by atoms with van der Waals surface area (Å²) in [5.74, 6) is 6.13. The van der Waals surface area contributed by atoms with E-state index in [0.29, 0.717) is 0 Å². The summed E-state index contributed by atoms with van der Waals surface area (Å²) < 4.78 is 1.77. The van der Waals surface area contributed by atoms with E-state index >= 15 is 0 Å². The van der Waals surface area contributed by atoms with Crippen LogP contribution in [0.3, 0.4) is 0 Å². The third-order valence-corrected chi connectivity index (χ3v) is 3.69. The first-order chi connectivity index (χ1) is 9.34. The van der Waals surface area contributed by atoms with Gasteiger partial charge in [-0.05, 0) is 43.4 Å². The summed E-state index contributed by atoms with van der Waals surface area (Å²) in [7, 11) is 0. The summed E-state index contributed by atoms with van der Waals surface area (Å²) in [6, 6.07) is 14.7. The SMILES string of the molecule is N[n+]1cccc2c1/C(=C/c1ccccc1)CCCC2. The number of aryl methyl sites for hydroxylation is 1. The Kier molecular flexibility index (Phi) is 3.32. The molecule has 0 bridgehead atoms. The van der Waals surface area contributed by atoms with E-state index in [1.165, 1.54) is 35.2 Å². The Hall–Kier alpha value is -2.09. The maximum atomic E-state index is 6.13. The maximum Gasteiger partial charge on any atom is 0.241 e. The Morgan fingerprint density at radius 1 is 0.947 bits per heavy atom. The first kappa shape index (κ1) is 12.0. The van der Waals surface area contributed by atoms with E-state index in [0.717, 1.165) is 12.8 Å². The lowest BCUT2D eigenvalue weighted by Crippen LogP contribution is -2.48. The molecule has 0 saturated heterocycles. The van der Waals surface area contributed by atoms with Crippen LogP contribution in [0.4, 0.5) is 0 Å². The third-order valence-electron chi connectivity index (χ3n) is 3.69. The maximum absolute atomic E-state index is 6.13. The molecule has 96 valence electrons. The Bertz CT molecular complexity index is 600. The van der Waals surface area contributed by atoms with Crippen molar-refractivity contribution < 1.29 is 4.68 Å². The number of benzene rings is 1. The second kappa shape index (κ2) is 5.27. The number of nitrogens with zero attached hydrogens (tertiary/aromatic N) is 1. The molecule has 19 heavy (non-hydrogen) atoms. The highest BCUT2D eigenvalue weighted by atomic mass is 15.3. The van der Waals surface area contributed by atoms with Gasteiger partial charge < -0.3 is 0 Å². The van der Waals surface area contributed by atoms with E-state index in [9.17, 15) is 0 Å². The quantitative estimate of drug-likeness (QED) is 0.471. The van der Waals surface area contributed by atoms with Gasteiger partial charge in [0.15, 0.2) is 6.20 Å². The fourth-order valence-electron chi connectivity index (χ4n) is 2.79. The minimum Gasteiger partial charge on any atom is -0.205 e. The molecule has 2 nitrogen and oxygen atoms in total. The van der Waals surface area contributed by atoms with Crippen molar-refractivity contribution in [1.82, 2.24) is 0 Å². The molecule has 0 radical (unpaired) electrons. The number of hydrogen-bond donors (Lipinski definition) is 1. The highest BCUT2D eigenvalue weighted by Crippen LogP contribution is 2.28. The largest absolute Gasteiger partial charge is 0.241 e. The molecule has 0 aliphatic heterocycles. The molecular formula is C17H19N2+. The molecule has 0 unspecified atom stereocenters. The van der Waals surface area contributed by atoms with Crippen LogP contribution in [-0.2, 0) is 6.42 Å². The molecule has 2 N–H and O–H groups in total. The second-order valence-corrected chi connectivity index (χ2v) is 5.08. The van der Waals surface area contributed by atoms with E-state index in [-0.39, 0.29) is 0 Å². The number of allylic oxidation sites excluding steroid dienone is 1. The summed E-state index contributed by atoms with van der Waals surface area (Å²) >= 11 is 0. The fraction of sp³-hybridized carbons (Fsp3) is 0.235. The van der Waals surface area contributed by atoms with Gasteiger partial charge in [0.1, 0.15) is 0 Å². The minimum absolute atomic E-state index is 1.10. The van der Waals surface area contributed by atoms with Crippen molar-refractivity contribution in [2.75, 3.05) is 5.84 Å². The van der Waals surface area contributed by atoms with Crippen LogP contribution in [0.2, 0.25) is 0 Å². The van der Waals surface area contributed by atoms with Gasteiger partial charge in [-0.2, -0.15) is 0 Å². The van der Waals surface area contributed by atoms with E-state index in [4.69, 9.17) is 5.84 Å². The second-order valence-electron chi connectivity index (χ2n) is 5.08. The molecule has 1 aliphatic rings. The summed E-state index contributed by atoms with van der Waals surface area (Å²) in [4.78, 5) is 0. The molecule has 0 saturated carbocycles. The predicted molar refractivity (Wildman–Crippen MR) is 78.7 cm³/mol. The van der Waals surface area contributed by atoms with Crippen LogP contribution in [0.25, 0.3) is 11.6 Å². The summed E-state index contributed by atoms with van der Waals surface area (Å²) in [5.41, 5.74) is 5.16. The number of rotatable bonds is 1. The smallest absolute Gasteiger partial charge is 0.205 e. The standard InChI is InChI=1S/C17H19N2/c18-19-12-6-11-15-9-4-5-10-16(17(15)19)13-14-7-2-1-3-8-14/h1-3,6-8,11-13H,4-5,9-10,18H2/q+1/b16-13+. The zero-order valence-corrected chi connectivity index (χ0v) is 11.0. The van der Waals surface area contributed by atoms with Crippen LogP contribution in [0.1, 0.15) is 36.1 Å². The summed E-state index contributed by atoms with van der Waals surface area (Å²) in [6.07, 6.45) is 8.90. The van der Waals surface area contributed by atoms with Gasteiger partial charge in [0, 0.05) is 17.2 Å². The van der Waals surface area contributed by atoms with Gasteiger partial charge in [0.25, 0.3) is 0 Å². The highest BCUT2D eigenvalue weighted by molar-refractivity contribution is 5.80. The number of nitrogen functional groups attached to an aromatic ring is 1. The van der Waals surface area contributed by atoms with Gasteiger partial charge in [-0.15, -0.1) is 0 Å². The normalized spacial score (nSPS) is 16.9. The van der Waals surface area contributed by atoms with E-state index < -0.39 is 0 Å². The highest BCUT2D eigenvalue weighted by Gasteiger charge is 2.21. The average molecular weight is 251 g/mol. The lowest BCUT2D eigenvalue weighted by molar-refractivity contribution is -0.641. The van der Waals surface area contributed by atoms with Crippen molar-refractivity contribution in [3.63, 3.8) is 0 Å². The van der Waals surface area contributed by atoms with Crippen LogP contribution in [-0.4, -0.2) is 0 Å². The minimum atomic E-state index is 1.10. The van der Waals surface area contributed by atoms with Crippen LogP contribution in [0, 0.1) is 0 Å². The number of fused-ring (bicyclic) bond motifs is 1. The van der Waals surface area contributed by atoms with Crippen molar-refractivity contribution in [2.45, 2.75) is 25.7 Å². The molecule has 3 rings (SSSR count). The molecule has 1 aromatic heterocycles. The van der Waals surface area contributed by atoms with Gasteiger partial charge in [-0.25, -0.2) is 5.84 Å². The summed E-state index contributed by atoms with van der Waals surface area (Å²) in [5, 5.41) is 0. The van der Waals surface area contributed by atoms with E-state index in [1.807, 2.05) is 18.3 Å². The Morgan fingerprint density at radius 3 is 2.58 bits per heavy atom. The van der Waals surface area contributed by atoms with Gasteiger partial charge in [0.2, 0.25) is 5.69 Å². The average Bonchev–Trinajstić information content (AvgIpc) is 2.64. The molecule has 1 aliphatic carbocycles. The number of pyridine rings is 1. The van der Waals surface area contributed by atoms with E-state index in [1.54, 1.807) is 4.68 Å². The molecule has 0 amide bonds. The van der Waals surface area contributed by atoms with Gasteiger partial charge in [0.05, 0.1) is 0 Å². The van der Waals surface area contributed by atoms with Crippen LogP contribution < -0.4 is 10.5 Å². The van der Waals surface area contributed by atoms with Crippen LogP contribution >= 0.6 is 0 Å². The molecular weight excluding hydrogens is 232 g/mol. The topological polar surface area (TPSA) is 29.9 Å². The Labute approximate surface area is 114 Å². The molecule has 0 fully saturated rings. The molecule has 2 heteroatoms. The lowest BCUT2D eigenvalue weighted by atomic mass is 10.0. The lowest BCUT2D eigenvalue weighted by Gasteiger charge is -2.05. The van der Waals surface area contributed by atoms with Crippen LogP contribution in [0.5, 0.6) is 0 Å². The number of hydrogen-bond acceptors (Lipinski definition) is 1. The van der Waals surface area contributed by atoms with Gasteiger partial charge in [-0.1, -0.05) is 35.0 Å². The summed E-state index contributed by atoms with van der Waals surface area (Å²) in [6.45, 7) is 0. The Balaban J connectivity index is 2.10.